The Balaban J connectivity index is 1.37. The van der Waals surface area contributed by atoms with Gasteiger partial charge in [-0.05, 0) is 42.6 Å². The minimum Gasteiger partial charge on any atom is -0.324 e. The standard InChI is InChI=1S/C19H16N6O2S2/c1-12(25-11-20-10-21-25)17(26)22-13-4-6-14(7-5-13)23-18(27)15-9-29-19(24-15)16-3-2-8-28-16/h2-12H,1H3,(H,22,26)(H,23,27). The first-order valence-electron chi connectivity index (χ1n) is 8.66. The quantitative estimate of drug-likeness (QED) is 0.489. The van der Waals surface area contributed by atoms with Gasteiger partial charge in [-0.15, -0.1) is 22.7 Å². The van der Waals surface area contributed by atoms with Crippen LogP contribution in [0.15, 0.2) is 59.8 Å². The SMILES string of the molecule is CC(C(=O)Nc1ccc(NC(=O)c2csc(-c3cccs3)n2)cc1)n1cncn1. The van der Waals surface area contributed by atoms with Gasteiger partial charge in [0.25, 0.3) is 5.91 Å². The number of nitrogens with one attached hydrogen (secondary N) is 2. The van der Waals surface area contributed by atoms with Crippen molar-refractivity contribution in [2.45, 2.75) is 13.0 Å². The van der Waals surface area contributed by atoms with Gasteiger partial charge in [-0.1, -0.05) is 6.07 Å². The number of anilines is 2. The number of benzene rings is 1. The molecular weight excluding hydrogens is 408 g/mol. The van der Waals surface area contributed by atoms with E-state index in [1.807, 2.05) is 17.5 Å². The van der Waals surface area contributed by atoms with E-state index in [0.29, 0.717) is 17.1 Å². The number of amides is 2. The molecule has 2 N–H and O–H groups in total. The van der Waals surface area contributed by atoms with Gasteiger partial charge in [-0.25, -0.2) is 14.6 Å². The van der Waals surface area contributed by atoms with E-state index in [-0.39, 0.29) is 11.8 Å². The molecule has 0 bridgehead atoms. The fraction of sp³-hybridized carbons (Fsp3) is 0.105. The molecule has 4 aromatic rings. The second kappa shape index (κ2) is 8.33. The zero-order valence-electron chi connectivity index (χ0n) is 15.3. The highest BCUT2D eigenvalue weighted by atomic mass is 32.1. The van der Waals surface area contributed by atoms with Crippen LogP contribution in [0.25, 0.3) is 9.88 Å². The molecule has 4 rings (SSSR count). The highest BCUT2D eigenvalue weighted by molar-refractivity contribution is 7.20. The average Bonchev–Trinajstić information content (AvgIpc) is 3.50. The molecule has 8 nitrogen and oxygen atoms in total. The van der Waals surface area contributed by atoms with Gasteiger partial charge in [-0.3, -0.25) is 9.59 Å². The minimum atomic E-state index is -0.487. The zero-order chi connectivity index (χ0) is 20.2. The second-order valence-electron chi connectivity index (χ2n) is 6.09. The van der Waals surface area contributed by atoms with E-state index in [1.54, 1.807) is 47.9 Å². The van der Waals surface area contributed by atoms with Gasteiger partial charge >= 0.3 is 0 Å². The van der Waals surface area contributed by atoms with E-state index in [9.17, 15) is 9.59 Å². The molecule has 29 heavy (non-hydrogen) atoms. The lowest BCUT2D eigenvalue weighted by Gasteiger charge is -2.12. The number of nitrogens with zero attached hydrogens (tertiary/aromatic N) is 4. The average molecular weight is 425 g/mol. The van der Waals surface area contributed by atoms with Crippen LogP contribution in [0.2, 0.25) is 0 Å². The molecule has 0 aliphatic rings. The van der Waals surface area contributed by atoms with E-state index < -0.39 is 6.04 Å². The lowest BCUT2D eigenvalue weighted by molar-refractivity contribution is -0.119. The summed E-state index contributed by atoms with van der Waals surface area (Å²) in [5, 5.41) is 14.1. The molecule has 2 amide bonds. The van der Waals surface area contributed by atoms with Gasteiger partial charge < -0.3 is 10.6 Å². The van der Waals surface area contributed by atoms with Crippen LogP contribution in [0.5, 0.6) is 0 Å². The summed E-state index contributed by atoms with van der Waals surface area (Å²) in [5.41, 5.74) is 1.61. The monoisotopic (exact) mass is 424 g/mol. The molecule has 0 fully saturated rings. The lowest BCUT2D eigenvalue weighted by Crippen LogP contribution is -2.24. The van der Waals surface area contributed by atoms with Gasteiger partial charge in [0.2, 0.25) is 5.91 Å². The highest BCUT2D eigenvalue weighted by Crippen LogP contribution is 2.28. The van der Waals surface area contributed by atoms with E-state index >= 15 is 0 Å². The summed E-state index contributed by atoms with van der Waals surface area (Å²) in [6, 6.07) is 10.3. The number of hydrogen-bond donors (Lipinski definition) is 2. The Morgan fingerprint density at radius 2 is 1.83 bits per heavy atom. The molecule has 10 heteroatoms. The van der Waals surface area contributed by atoms with Crippen LogP contribution in [-0.4, -0.2) is 31.6 Å². The van der Waals surface area contributed by atoms with Crippen LogP contribution in [0, 0.1) is 0 Å². The molecule has 0 aliphatic heterocycles. The molecule has 0 aliphatic carbocycles. The first-order valence-corrected chi connectivity index (χ1v) is 10.4. The van der Waals surface area contributed by atoms with Crippen molar-refractivity contribution >= 4 is 45.9 Å². The normalized spacial score (nSPS) is 11.8. The third-order valence-electron chi connectivity index (χ3n) is 4.09. The number of hydrogen-bond acceptors (Lipinski definition) is 7. The summed E-state index contributed by atoms with van der Waals surface area (Å²) in [6.07, 6.45) is 2.87. The van der Waals surface area contributed by atoms with Crippen LogP contribution in [0.1, 0.15) is 23.5 Å². The second-order valence-corrected chi connectivity index (χ2v) is 7.89. The number of rotatable bonds is 6. The topological polar surface area (TPSA) is 102 Å². The molecule has 1 atom stereocenters. The molecule has 146 valence electrons. The number of carbonyl (C=O) groups excluding carboxylic acids is 2. The van der Waals surface area contributed by atoms with Crippen molar-refractivity contribution in [3.05, 3.63) is 65.5 Å². The number of aromatic nitrogens is 4. The largest absolute Gasteiger partial charge is 0.324 e. The Labute approximate surface area is 174 Å². The van der Waals surface area contributed by atoms with Crippen molar-refractivity contribution in [1.29, 1.82) is 0 Å². The van der Waals surface area contributed by atoms with Crippen molar-refractivity contribution in [3.8, 4) is 9.88 Å². The van der Waals surface area contributed by atoms with Crippen molar-refractivity contribution in [2.24, 2.45) is 0 Å². The first-order chi connectivity index (χ1) is 14.1. The third kappa shape index (κ3) is 4.39. The summed E-state index contributed by atoms with van der Waals surface area (Å²) >= 11 is 3.02. The first kappa shape index (κ1) is 19.0. The van der Waals surface area contributed by atoms with Crippen LogP contribution in [0.4, 0.5) is 11.4 Å². The molecule has 0 radical (unpaired) electrons. The van der Waals surface area contributed by atoms with E-state index in [1.165, 1.54) is 28.7 Å². The van der Waals surface area contributed by atoms with Crippen LogP contribution < -0.4 is 10.6 Å². The van der Waals surface area contributed by atoms with Gasteiger partial charge in [-0.2, -0.15) is 5.10 Å². The molecule has 3 heterocycles. The van der Waals surface area contributed by atoms with Gasteiger partial charge in [0.15, 0.2) is 0 Å². The van der Waals surface area contributed by atoms with E-state index in [2.05, 4.69) is 25.7 Å². The number of carbonyl (C=O) groups is 2. The third-order valence-corrected chi connectivity index (χ3v) is 5.97. The maximum atomic E-state index is 12.4. The predicted octanol–water partition coefficient (Wildman–Crippen LogP) is 3.92. The predicted molar refractivity (Wildman–Crippen MR) is 113 cm³/mol. The number of thiophene rings is 1. The van der Waals surface area contributed by atoms with Gasteiger partial charge in [0, 0.05) is 16.8 Å². The molecular formula is C19H16N6O2S2. The van der Waals surface area contributed by atoms with Gasteiger partial charge in [0.05, 0.1) is 4.88 Å². The number of thiazole rings is 1. The molecule has 0 saturated heterocycles. The molecule has 3 aromatic heterocycles. The summed E-state index contributed by atoms with van der Waals surface area (Å²) in [5.74, 6) is -0.489. The van der Waals surface area contributed by atoms with Gasteiger partial charge in [0.1, 0.15) is 29.4 Å². The van der Waals surface area contributed by atoms with Crippen molar-refractivity contribution in [3.63, 3.8) is 0 Å². The van der Waals surface area contributed by atoms with E-state index in [4.69, 9.17) is 0 Å². The van der Waals surface area contributed by atoms with Crippen molar-refractivity contribution in [1.82, 2.24) is 19.7 Å². The molecule has 0 saturated carbocycles. The fourth-order valence-electron chi connectivity index (χ4n) is 2.51. The van der Waals surface area contributed by atoms with Crippen LogP contribution in [0.3, 0.4) is 0 Å². The Morgan fingerprint density at radius 1 is 1.07 bits per heavy atom. The Hall–Kier alpha value is -3.37. The maximum Gasteiger partial charge on any atom is 0.275 e. The Bertz CT molecular complexity index is 1100. The highest BCUT2D eigenvalue weighted by Gasteiger charge is 2.16. The minimum absolute atomic E-state index is 0.212. The smallest absolute Gasteiger partial charge is 0.275 e. The summed E-state index contributed by atoms with van der Waals surface area (Å²) in [6.45, 7) is 1.73. The summed E-state index contributed by atoms with van der Waals surface area (Å²) in [7, 11) is 0. The Morgan fingerprint density at radius 3 is 2.48 bits per heavy atom. The molecule has 1 aromatic carbocycles. The zero-order valence-corrected chi connectivity index (χ0v) is 16.9. The van der Waals surface area contributed by atoms with Crippen molar-refractivity contribution in [2.75, 3.05) is 10.6 Å². The lowest BCUT2D eigenvalue weighted by atomic mass is 10.2. The maximum absolute atomic E-state index is 12.4. The molecule has 1 unspecified atom stereocenters. The summed E-state index contributed by atoms with van der Waals surface area (Å²) in [4.78, 5) is 34.0. The van der Waals surface area contributed by atoms with E-state index in [0.717, 1.165) is 9.88 Å². The fourth-order valence-corrected chi connectivity index (χ4v) is 4.12. The Kier molecular flexibility index (Phi) is 5.45. The van der Waals surface area contributed by atoms with Crippen molar-refractivity contribution < 1.29 is 9.59 Å². The van der Waals surface area contributed by atoms with Crippen LogP contribution >= 0.6 is 22.7 Å². The molecule has 0 spiro atoms. The summed E-state index contributed by atoms with van der Waals surface area (Å²) < 4.78 is 1.47. The van der Waals surface area contributed by atoms with Crippen LogP contribution in [-0.2, 0) is 4.79 Å².